The summed E-state index contributed by atoms with van der Waals surface area (Å²) in [6.07, 6.45) is -3.40. The lowest BCUT2D eigenvalue weighted by molar-refractivity contribution is -0.185. The van der Waals surface area contributed by atoms with Crippen molar-refractivity contribution in [2.24, 2.45) is 0 Å². The van der Waals surface area contributed by atoms with Gasteiger partial charge in [0.25, 0.3) is 0 Å². The Labute approximate surface area is 166 Å². The summed E-state index contributed by atoms with van der Waals surface area (Å²) >= 11 is 1.16. The molecule has 0 saturated carbocycles. The van der Waals surface area contributed by atoms with Crippen LogP contribution in [0.3, 0.4) is 0 Å². The molecule has 0 aromatic heterocycles. The summed E-state index contributed by atoms with van der Waals surface area (Å²) in [5, 5.41) is 7.76. The van der Waals surface area contributed by atoms with Crippen LogP contribution in [0.1, 0.15) is 40.5 Å². The number of carboxylic acids is 1. The number of rotatable bonds is 8. The second kappa shape index (κ2) is 10.9. The molecule has 11 heteroatoms. The first-order valence-corrected chi connectivity index (χ1v) is 9.47. The van der Waals surface area contributed by atoms with Crippen LogP contribution in [0.5, 0.6) is 0 Å². The maximum Gasteiger partial charge on any atom is 0.303 e. The molecule has 1 aliphatic rings. The van der Waals surface area contributed by atoms with Gasteiger partial charge < -0.3 is 24.1 Å². The van der Waals surface area contributed by atoms with Gasteiger partial charge >= 0.3 is 29.8 Å². The van der Waals surface area contributed by atoms with E-state index in [4.69, 9.17) is 24.1 Å². The molecule has 28 heavy (non-hydrogen) atoms. The average Bonchev–Trinajstić information content (AvgIpc) is 2.54. The molecule has 1 saturated heterocycles. The van der Waals surface area contributed by atoms with E-state index in [2.05, 4.69) is 0 Å². The van der Waals surface area contributed by atoms with Crippen molar-refractivity contribution in [2.75, 3.05) is 6.61 Å². The van der Waals surface area contributed by atoms with Crippen LogP contribution in [0.15, 0.2) is 0 Å². The SMILES string of the molecule is CC(=O)OC[C@H]1S[C@H](CCC(=O)O)[C@@H](OC(C)=O)[C@@H](OC(C)=O)[C@@H]1OC(C)=O. The summed E-state index contributed by atoms with van der Waals surface area (Å²) in [5.41, 5.74) is 0. The minimum Gasteiger partial charge on any atom is -0.481 e. The minimum absolute atomic E-state index is 0.0963. The fourth-order valence-electron chi connectivity index (χ4n) is 2.82. The van der Waals surface area contributed by atoms with Gasteiger partial charge in [0.05, 0.1) is 5.25 Å². The van der Waals surface area contributed by atoms with Crippen molar-refractivity contribution in [3.8, 4) is 0 Å². The number of esters is 4. The summed E-state index contributed by atoms with van der Waals surface area (Å²) in [4.78, 5) is 57.0. The van der Waals surface area contributed by atoms with Gasteiger partial charge in [-0.1, -0.05) is 0 Å². The molecule has 0 aliphatic carbocycles. The Bertz CT molecular complexity index is 575. The highest BCUT2D eigenvalue weighted by molar-refractivity contribution is 8.00. The summed E-state index contributed by atoms with van der Waals surface area (Å²) < 4.78 is 20.9. The van der Waals surface area contributed by atoms with Gasteiger partial charge in [-0.05, 0) is 6.42 Å². The Morgan fingerprint density at radius 1 is 0.750 bits per heavy atom. The number of aliphatic carboxylic acids is 1. The number of thioether (sulfide) groups is 1. The van der Waals surface area contributed by atoms with Crippen molar-refractivity contribution in [1.82, 2.24) is 0 Å². The number of hydrogen-bond acceptors (Lipinski definition) is 10. The minimum atomic E-state index is -1.18. The molecule has 0 bridgehead atoms. The third-order valence-corrected chi connectivity index (χ3v) is 5.34. The molecule has 1 aliphatic heterocycles. The Hall–Kier alpha value is -2.30. The molecule has 0 aromatic rings. The first-order chi connectivity index (χ1) is 13.0. The molecule has 1 rings (SSSR count). The van der Waals surface area contributed by atoms with Gasteiger partial charge in [-0.3, -0.25) is 24.0 Å². The number of hydrogen-bond donors (Lipinski definition) is 1. The standard InChI is InChI=1S/C17H24O10S/c1-8(18)24-7-13-16(26-10(3)20)17(27-11(4)21)15(25-9(2)19)12(28-13)5-6-14(22)23/h12-13,15-17H,5-7H2,1-4H3,(H,22,23)/t12-,13-,15-,16-,17-/m1/s1. The maximum atomic E-state index is 11.6. The van der Waals surface area contributed by atoms with E-state index in [1.54, 1.807) is 0 Å². The van der Waals surface area contributed by atoms with Crippen molar-refractivity contribution in [3.05, 3.63) is 0 Å². The first kappa shape index (κ1) is 23.7. The van der Waals surface area contributed by atoms with Crippen LogP contribution in [0.2, 0.25) is 0 Å². The summed E-state index contributed by atoms with van der Waals surface area (Å²) in [5.74, 6) is -3.64. The zero-order valence-corrected chi connectivity index (χ0v) is 16.9. The average molecular weight is 420 g/mol. The second-order valence-electron chi connectivity index (χ2n) is 6.17. The highest BCUT2D eigenvalue weighted by Crippen LogP contribution is 2.40. The van der Waals surface area contributed by atoms with Crippen LogP contribution in [0.4, 0.5) is 0 Å². The van der Waals surface area contributed by atoms with E-state index in [0.717, 1.165) is 32.5 Å². The van der Waals surface area contributed by atoms with Gasteiger partial charge in [0.15, 0.2) is 18.3 Å². The second-order valence-corrected chi connectivity index (χ2v) is 7.65. The Morgan fingerprint density at radius 3 is 1.64 bits per heavy atom. The van der Waals surface area contributed by atoms with E-state index in [-0.39, 0.29) is 19.4 Å². The van der Waals surface area contributed by atoms with Crippen LogP contribution in [-0.2, 0) is 42.9 Å². The van der Waals surface area contributed by atoms with Crippen molar-refractivity contribution < 1.29 is 48.0 Å². The molecule has 0 aromatic carbocycles. The van der Waals surface area contributed by atoms with Crippen LogP contribution in [0, 0.1) is 0 Å². The van der Waals surface area contributed by atoms with Crippen LogP contribution < -0.4 is 0 Å². The van der Waals surface area contributed by atoms with Gasteiger partial charge in [0.1, 0.15) is 6.61 Å². The first-order valence-electron chi connectivity index (χ1n) is 8.53. The molecule has 0 amide bonds. The smallest absolute Gasteiger partial charge is 0.303 e. The monoisotopic (exact) mass is 420 g/mol. The number of carboxylic acid groups (broad SMARTS) is 1. The van der Waals surface area contributed by atoms with Crippen LogP contribution in [-0.4, -0.2) is 70.4 Å². The topological polar surface area (TPSA) is 143 Å². The Balaban J connectivity index is 3.26. The van der Waals surface area contributed by atoms with E-state index in [1.165, 1.54) is 6.92 Å². The predicted octanol–water partition coefficient (Wildman–Crippen LogP) is 0.693. The third kappa shape index (κ3) is 7.75. The predicted molar refractivity (Wildman–Crippen MR) is 95.3 cm³/mol. The quantitative estimate of drug-likeness (QED) is 0.438. The van der Waals surface area contributed by atoms with E-state index in [0.29, 0.717) is 0 Å². The van der Waals surface area contributed by atoms with Crippen LogP contribution in [0.25, 0.3) is 0 Å². The Kier molecular flexibility index (Phi) is 9.23. The lowest BCUT2D eigenvalue weighted by Crippen LogP contribution is -2.58. The van der Waals surface area contributed by atoms with Crippen LogP contribution >= 0.6 is 11.8 Å². The molecular formula is C17H24O10S. The number of ether oxygens (including phenoxy) is 4. The molecule has 1 heterocycles. The van der Waals surface area contributed by atoms with E-state index in [1.807, 2.05) is 0 Å². The number of carbonyl (C=O) groups is 5. The van der Waals surface area contributed by atoms with E-state index < -0.39 is 58.7 Å². The maximum absolute atomic E-state index is 11.6. The largest absolute Gasteiger partial charge is 0.481 e. The molecule has 0 spiro atoms. The van der Waals surface area contributed by atoms with Crippen molar-refractivity contribution >= 4 is 41.6 Å². The third-order valence-electron chi connectivity index (χ3n) is 3.73. The molecule has 10 nitrogen and oxygen atoms in total. The molecular weight excluding hydrogens is 396 g/mol. The molecule has 1 N–H and O–H groups in total. The normalized spacial score (nSPS) is 26.6. The molecule has 0 radical (unpaired) electrons. The molecule has 0 unspecified atom stereocenters. The summed E-state index contributed by atoms with van der Waals surface area (Å²) in [7, 11) is 0. The zero-order valence-electron chi connectivity index (χ0n) is 16.0. The van der Waals surface area contributed by atoms with Crippen molar-refractivity contribution in [2.45, 2.75) is 69.3 Å². The van der Waals surface area contributed by atoms with E-state index in [9.17, 15) is 24.0 Å². The van der Waals surface area contributed by atoms with Gasteiger partial charge in [-0.2, -0.15) is 0 Å². The van der Waals surface area contributed by atoms with E-state index >= 15 is 0 Å². The fourth-order valence-corrected chi connectivity index (χ4v) is 4.40. The van der Waals surface area contributed by atoms with Gasteiger partial charge in [0, 0.05) is 39.4 Å². The van der Waals surface area contributed by atoms with Gasteiger partial charge in [0.2, 0.25) is 0 Å². The van der Waals surface area contributed by atoms with Crippen molar-refractivity contribution in [1.29, 1.82) is 0 Å². The molecule has 1 fully saturated rings. The molecule has 5 atom stereocenters. The Morgan fingerprint density at radius 2 is 1.21 bits per heavy atom. The highest BCUT2D eigenvalue weighted by Gasteiger charge is 2.51. The lowest BCUT2D eigenvalue weighted by atomic mass is 9.97. The lowest BCUT2D eigenvalue weighted by Gasteiger charge is -2.44. The zero-order chi connectivity index (χ0) is 21.4. The number of carbonyl (C=O) groups excluding carboxylic acids is 4. The summed E-state index contributed by atoms with van der Waals surface area (Å²) in [6.45, 7) is 4.52. The summed E-state index contributed by atoms with van der Waals surface area (Å²) in [6, 6.07) is 0. The molecule has 158 valence electrons. The van der Waals surface area contributed by atoms with Gasteiger partial charge in [-0.15, -0.1) is 11.8 Å². The van der Waals surface area contributed by atoms with Gasteiger partial charge in [-0.25, -0.2) is 0 Å². The van der Waals surface area contributed by atoms with Crippen molar-refractivity contribution in [3.63, 3.8) is 0 Å². The fraction of sp³-hybridized carbons (Fsp3) is 0.706. The highest BCUT2D eigenvalue weighted by atomic mass is 32.2.